The molecule has 1 aromatic carbocycles. The fourth-order valence-electron chi connectivity index (χ4n) is 2.35. The van der Waals surface area contributed by atoms with Crippen molar-refractivity contribution in [3.05, 3.63) is 53.0 Å². The Labute approximate surface area is 120 Å². The number of anilines is 1. The standard InChI is InChI=1S/C15H14BrNO2/c1-9-6-12(8-19-9)15(16)11-2-4-13-10(7-11)3-5-14(18)17-13/h2,4,6-8,15H,3,5H2,1H3,(H,17,18). The van der Waals surface area contributed by atoms with E-state index in [0.717, 1.165) is 23.4 Å². The van der Waals surface area contributed by atoms with E-state index in [-0.39, 0.29) is 10.7 Å². The van der Waals surface area contributed by atoms with Crippen molar-refractivity contribution in [2.24, 2.45) is 0 Å². The molecule has 2 aromatic rings. The fraction of sp³-hybridized carbons (Fsp3) is 0.267. The smallest absolute Gasteiger partial charge is 0.224 e. The summed E-state index contributed by atoms with van der Waals surface area (Å²) in [5.41, 5.74) is 4.41. The second-order valence-corrected chi connectivity index (χ2v) is 5.73. The third-order valence-electron chi connectivity index (χ3n) is 3.36. The molecule has 1 aromatic heterocycles. The molecule has 0 bridgehead atoms. The summed E-state index contributed by atoms with van der Waals surface area (Å²) >= 11 is 3.70. The molecular formula is C15H14BrNO2. The Kier molecular flexibility index (Phi) is 3.19. The molecule has 19 heavy (non-hydrogen) atoms. The summed E-state index contributed by atoms with van der Waals surface area (Å²) in [6.45, 7) is 1.94. The first-order chi connectivity index (χ1) is 9.13. The van der Waals surface area contributed by atoms with E-state index in [1.54, 1.807) is 6.26 Å². The molecule has 1 atom stereocenters. The third-order valence-corrected chi connectivity index (χ3v) is 4.42. The molecule has 3 rings (SSSR count). The van der Waals surface area contributed by atoms with Gasteiger partial charge >= 0.3 is 0 Å². The van der Waals surface area contributed by atoms with Crippen molar-refractivity contribution in [2.45, 2.75) is 24.6 Å². The number of benzene rings is 1. The highest BCUT2D eigenvalue weighted by Gasteiger charge is 2.18. The molecular weight excluding hydrogens is 306 g/mol. The Bertz CT molecular complexity index is 633. The van der Waals surface area contributed by atoms with E-state index in [0.29, 0.717) is 6.42 Å². The number of alkyl halides is 1. The van der Waals surface area contributed by atoms with Crippen LogP contribution in [0, 0.1) is 6.92 Å². The minimum absolute atomic E-state index is 0.0982. The molecule has 1 aliphatic rings. The minimum Gasteiger partial charge on any atom is -0.469 e. The zero-order chi connectivity index (χ0) is 13.4. The molecule has 1 unspecified atom stereocenters. The summed E-state index contributed by atoms with van der Waals surface area (Å²) in [6, 6.07) is 8.19. The number of hydrogen-bond donors (Lipinski definition) is 1. The van der Waals surface area contributed by atoms with Crippen molar-refractivity contribution in [2.75, 3.05) is 5.32 Å². The Morgan fingerprint density at radius 3 is 2.84 bits per heavy atom. The lowest BCUT2D eigenvalue weighted by molar-refractivity contribution is -0.116. The van der Waals surface area contributed by atoms with Crippen LogP contribution in [0.2, 0.25) is 0 Å². The Hall–Kier alpha value is -1.55. The van der Waals surface area contributed by atoms with Gasteiger partial charge in [0.05, 0.1) is 11.1 Å². The summed E-state index contributed by atoms with van der Waals surface area (Å²) in [5.74, 6) is 1.01. The van der Waals surface area contributed by atoms with Gasteiger partial charge in [0, 0.05) is 17.7 Å². The number of aryl methyl sites for hydroxylation is 2. The van der Waals surface area contributed by atoms with E-state index in [4.69, 9.17) is 4.42 Å². The largest absolute Gasteiger partial charge is 0.469 e. The highest BCUT2D eigenvalue weighted by Crippen LogP contribution is 2.34. The Balaban J connectivity index is 1.92. The SMILES string of the molecule is Cc1cc(C(Br)c2ccc3c(c2)CCC(=O)N3)co1. The van der Waals surface area contributed by atoms with E-state index >= 15 is 0 Å². The summed E-state index contributed by atoms with van der Waals surface area (Å²) in [5, 5.41) is 2.90. The van der Waals surface area contributed by atoms with Crippen LogP contribution in [0.3, 0.4) is 0 Å². The number of furan rings is 1. The normalized spacial score (nSPS) is 15.8. The van der Waals surface area contributed by atoms with Gasteiger partial charge in [0.25, 0.3) is 0 Å². The number of carbonyl (C=O) groups is 1. The van der Waals surface area contributed by atoms with Crippen molar-refractivity contribution in [1.29, 1.82) is 0 Å². The van der Waals surface area contributed by atoms with Crippen molar-refractivity contribution in [3.63, 3.8) is 0 Å². The first-order valence-electron chi connectivity index (χ1n) is 6.25. The van der Waals surface area contributed by atoms with Gasteiger partial charge < -0.3 is 9.73 Å². The first-order valence-corrected chi connectivity index (χ1v) is 7.17. The van der Waals surface area contributed by atoms with Crippen LogP contribution in [0.1, 0.15) is 33.7 Å². The minimum atomic E-state index is 0.0982. The van der Waals surface area contributed by atoms with Crippen LogP contribution >= 0.6 is 15.9 Å². The summed E-state index contributed by atoms with van der Waals surface area (Å²) in [4.78, 5) is 11.5. The van der Waals surface area contributed by atoms with Crippen molar-refractivity contribution < 1.29 is 9.21 Å². The molecule has 1 amide bonds. The molecule has 0 saturated heterocycles. The molecule has 3 nitrogen and oxygen atoms in total. The van der Waals surface area contributed by atoms with Gasteiger partial charge in [0.15, 0.2) is 0 Å². The molecule has 0 saturated carbocycles. The van der Waals surface area contributed by atoms with Crippen LogP contribution in [0.5, 0.6) is 0 Å². The molecule has 0 spiro atoms. The van der Waals surface area contributed by atoms with Gasteiger partial charge in [-0.2, -0.15) is 0 Å². The maximum Gasteiger partial charge on any atom is 0.224 e. The number of fused-ring (bicyclic) bond motifs is 1. The van der Waals surface area contributed by atoms with Gasteiger partial charge in [-0.3, -0.25) is 4.79 Å². The van der Waals surface area contributed by atoms with Crippen LogP contribution in [0.15, 0.2) is 34.9 Å². The van der Waals surface area contributed by atoms with E-state index in [2.05, 4.69) is 27.3 Å². The van der Waals surface area contributed by atoms with Crippen LogP contribution in [0.4, 0.5) is 5.69 Å². The average molecular weight is 320 g/mol. The molecule has 1 aliphatic heterocycles. The number of nitrogens with one attached hydrogen (secondary N) is 1. The number of hydrogen-bond acceptors (Lipinski definition) is 2. The van der Waals surface area contributed by atoms with Crippen molar-refractivity contribution in [1.82, 2.24) is 0 Å². The third kappa shape index (κ3) is 2.45. The molecule has 98 valence electrons. The zero-order valence-electron chi connectivity index (χ0n) is 10.6. The molecule has 4 heteroatoms. The van der Waals surface area contributed by atoms with Crippen molar-refractivity contribution in [3.8, 4) is 0 Å². The average Bonchev–Trinajstić information content (AvgIpc) is 2.84. The lowest BCUT2D eigenvalue weighted by Crippen LogP contribution is -2.19. The highest BCUT2D eigenvalue weighted by molar-refractivity contribution is 9.09. The molecule has 0 radical (unpaired) electrons. The zero-order valence-corrected chi connectivity index (χ0v) is 12.2. The highest BCUT2D eigenvalue weighted by atomic mass is 79.9. The monoisotopic (exact) mass is 319 g/mol. The van der Waals surface area contributed by atoms with Gasteiger partial charge in [-0.1, -0.05) is 28.1 Å². The van der Waals surface area contributed by atoms with Crippen molar-refractivity contribution >= 4 is 27.5 Å². The summed E-state index contributed by atoms with van der Waals surface area (Å²) in [7, 11) is 0. The van der Waals surface area contributed by atoms with E-state index in [1.807, 2.05) is 25.1 Å². The number of carbonyl (C=O) groups excluding carboxylic acids is 1. The lowest BCUT2D eigenvalue weighted by Gasteiger charge is -2.18. The summed E-state index contributed by atoms with van der Waals surface area (Å²) < 4.78 is 5.35. The quantitative estimate of drug-likeness (QED) is 0.851. The summed E-state index contributed by atoms with van der Waals surface area (Å²) in [6.07, 6.45) is 3.14. The van der Waals surface area contributed by atoms with Gasteiger partial charge in [-0.25, -0.2) is 0 Å². The Morgan fingerprint density at radius 2 is 2.11 bits per heavy atom. The van der Waals surface area contributed by atoms with E-state index in [1.165, 1.54) is 11.1 Å². The first kappa shape index (κ1) is 12.5. The number of rotatable bonds is 2. The van der Waals surface area contributed by atoms with Crippen LogP contribution < -0.4 is 5.32 Å². The fourth-order valence-corrected chi connectivity index (χ4v) is 2.87. The molecule has 2 heterocycles. The lowest BCUT2D eigenvalue weighted by atomic mass is 9.98. The second-order valence-electron chi connectivity index (χ2n) is 4.82. The molecule has 1 N–H and O–H groups in total. The molecule has 0 fully saturated rings. The van der Waals surface area contributed by atoms with Gasteiger partial charge in [-0.15, -0.1) is 0 Å². The maximum atomic E-state index is 11.3. The van der Waals surface area contributed by atoms with Gasteiger partial charge in [0.1, 0.15) is 5.76 Å². The topological polar surface area (TPSA) is 42.2 Å². The van der Waals surface area contributed by atoms with Crippen LogP contribution in [0.25, 0.3) is 0 Å². The molecule has 0 aliphatic carbocycles. The number of halogens is 1. The predicted molar refractivity (Wildman–Crippen MR) is 77.6 cm³/mol. The van der Waals surface area contributed by atoms with Gasteiger partial charge in [-0.05, 0) is 36.6 Å². The Morgan fingerprint density at radius 1 is 1.26 bits per heavy atom. The predicted octanol–water partition coefficient (Wildman–Crippen LogP) is 3.96. The van der Waals surface area contributed by atoms with Crippen LogP contribution in [-0.4, -0.2) is 5.91 Å². The van der Waals surface area contributed by atoms with Crippen LogP contribution in [-0.2, 0) is 11.2 Å². The van der Waals surface area contributed by atoms with Gasteiger partial charge in [0.2, 0.25) is 5.91 Å². The van der Waals surface area contributed by atoms with E-state index in [9.17, 15) is 4.79 Å². The van der Waals surface area contributed by atoms with E-state index < -0.39 is 0 Å². The number of amides is 1. The second kappa shape index (κ2) is 4.85. The maximum absolute atomic E-state index is 11.3.